The maximum Gasteiger partial charge on any atom is 0.276 e. The molecule has 3 heterocycles. The van der Waals surface area contributed by atoms with Crippen LogP contribution in [0.25, 0.3) is 17.0 Å². The Kier molecular flexibility index (Phi) is 5.83. The molecule has 178 valence electrons. The van der Waals surface area contributed by atoms with Gasteiger partial charge in [-0.15, -0.1) is 5.10 Å². The Labute approximate surface area is 214 Å². The summed E-state index contributed by atoms with van der Waals surface area (Å²) in [7, 11) is 0. The van der Waals surface area contributed by atoms with E-state index in [0.717, 1.165) is 5.56 Å². The average Bonchev–Trinajstić information content (AvgIpc) is 3.38. The summed E-state index contributed by atoms with van der Waals surface area (Å²) in [5.74, 6) is 0.850. The van der Waals surface area contributed by atoms with Gasteiger partial charge in [-0.2, -0.15) is 0 Å². The van der Waals surface area contributed by atoms with Crippen molar-refractivity contribution in [2.75, 3.05) is 0 Å². The number of furan rings is 1. The molecule has 9 heteroatoms. The van der Waals surface area contributed by atoms with Gasteiger partial charge in [0.05, 0.1) is 5.36 Å². The van der Waals surface area contributed by atoms with E-state index in [1.54, 1.807) is 29.3 Å². The minimum atomic E-state index is -0.696. The zero-order valence-electron chi connectivity index (χ0n) is 18.7. The fourth-order valence-electron chi connectivity index (χ4n) is 4.13. The SMILES string of the molecule is O=C1NC(SCc2ccccc2F)=NN2C1=c1ccccc1=NC2c1ccc(-c2cccc(Cl)c2)o1. The summed E-state index contributed by atoms with van der Waals surface area (Å²) in [6, 6.07) is 25.0. The third-order valence-electron chi connectivity index (χ3n) is 5.83. The first kappa shape index (κ1) is 22.6. The molecule has 1 aromatic heterocycles. The molecule has 2 aliphatic rings. The Morgan fingerprint density at radius 1 is 1.03 bits per heavy atom. The number of hydrogen-bond donors (Lipinski definition) is 1. The van der Waals surface area contributed by atoms with E-state index in [-0.39, 0.29) is 11.7 Å². The van der Waals surface area contributed by atoms with Crippen molar-refractivity contribution in [3.8, 4) is 11.3 Å². The summed E-state index contributed by atoms with van der Waals surface area (Å²) in [5, 5.41) is 11.4. The number of hydrogen-bond acceptors (Lipinski definition) is 6. The van der Waals surface area contributed by atoms with E-state index in [9.17, 15) is 9.18 Å². The zero-order chi connectivity index (χ0) is 24.6. The number of carbonyl (C=O) groups excluding carboxylic acids is 1. The van der Waals surface area contributed by atoms with Crippen LogP contribution in [0.4, 0.5) is 4.39 Å². The second-order valence-electron chi connectivity index (χ2n) is 8.16. The Bertz CT molecular complexity index is 1650. The first-order valence-corrected chi connectivity index (χ1v) is 12.5. The van der Waals surface area contributed by atoms with Crippen LogP contribution in [0.3, 0.4) is 0 Å². The van der Waals surface area contributed by atoms with Gasteiger partial charge in [-0.3, -0.25) is 10.1 Å². The van der Waals surface area contributed by atoms with Crippen LogP contribution in [-0.4, -0.2) is 16.1 Å². The van der Waals surface area contributed by atoms with Gasteiger partial charge in [0, 0.05) is 21.6 Å². The minimum absolute atomic E-state index is 0.302. The monoisotopic (exact) mass is 516 g/mol. The fourth-order valence-corrected chi connectivity index (χ4v) is 5.16. The van der Waals surface area contributed by atoms with Crippen molar-refractivity contribution >= 4 is 40.1 Å². The maximum absolute atomic E-state index is 14.1. The number of nitrogens with zero attached hydrogens (tertiary/aromatic N) is 3. The lowest BCUT2D eigenvalue weighted by Gasteiger charge is -2.32. The molecule has 3 aromatic carbocycles. The standard InChI is InChI=1S/C27H18ClFN4O2S/c28-18-8-5-7-16(14-18)22-12-13-23(35-22)25-30-21-11-4-2-9-19(21)24-26(34)31-27(32-33(24)25)36-15-17-6-1-3-10-20(17)29/h1-14,25H,15H2,(H,31,32,34). The van der Waals surface area contributed by atoms with Gasteiger partial charge < -0.3 is 4.42 Å². The summed E-state index contributed by atoms with van der Waals surface area (Å²) in [4.78, 5) is 18.1. The van der Waals surface area contributed by atoms with Crippen LogP contribution >= 0.6 is 23.4 Å². The highest BCUT2D eigenvalue weighted by Crippen LogP contribution is 2.34. The molecule has 0 aliphatic carbocycles. The molecular formula is C27H18ClFN4O2S. The molecule has 4 aromatic rings. The van der Waals surface area contributed by atoms with Crippen LogP contribution in [-0.2, 0) is 10.5 Å². The highest BCUT2D eigenvalue weighted by molar-refractivity contribution is 8.13. The molecule has 0 spiro atoms. The molecular weight excluding hydrogens is 499 g/mol. The molecule has 6 nitrogen and oxygen atoms in total. The molecule has 1 amide bonds. The number of rotatable bonds is 4. The molecule has 0 bridgehead atoms. The van der Waals surface area contributed by atoms with Gasteiger partial charge in [-0.05, 0) is 42.0 Å². The number of nitrogens with one attached hydrogen (secondary N) is 1. The highest BCUT2D eigenvalue weighted by Gasteiger charge is 2.36. The third kappa shape index (κ3) is 4.19. The topological polar surface area (TPSA) is 70.2 Å². The first-order chi connectivity index (χ1) is 17.6. The molecule has 1 N–H and O–H groups in total. The Morgan fingerprint density at radius 3 is 2.72 bits per heavy atom. The van der Waals surface area contributed by atoms with Crippen LogP contribution in [0.5, 0.6) is 0 Å². The number of thioether (sulfide) groups is 1. The second-order valence-corrected chi connectivity index (χ2v) is 9.57. The van der Waals surface area contributed by atoms with E-state index < -0.39 is 6.17 Å². The summed E-state index contributed by atoms with van der Waals surface area (Å²) in [5.41, 5.74) is 1.73. The van der Waals surface area contributed by atoms with Crippen LogP contribution in [0.15, 0.2) is 99.4 Å². The molecule has 36 heavy (non-hydrogen) atoms. The Morgan fingerprint density at radius 2 is 1.86 bits per heavy atom. The molecule has 0 saturated carbocycles. The quantitative estimate of drug-likeness (QED) is 0.422. The van der Waals surface area contributed by atoms with E-state index in [1.165, 1.54) is 17.8 Å². The van der Waals surface area contributed by atoms with Crippen LogP contribution < -0.4 is 15.9 Å². The van der Waals surface area contributed by atoms with Gasteiger partial charge in [0.2, 0.25) is 6.17 Å². The number of amides is 1. The summed E-state index contributed by atoms with van der Waals surface area (Å²) < 4.78 is 20.3. The molecule has 0 fully saturated rings. The van der Waals surface area contributed by atoms with E-state index in [0.29, 0.717) is 49.3 Å². The lowest BCUT2D eigenvalue weighted by Crippen LogP contribution is -2.50. The minimum Gasteiger partial charge on any atom is -0.457 e. The molecule has 1 atom stereocenters. The molecule has 0 saturated heterocycles. The number of hydrazone groups is 1. The van der Waals surface area contributed by atoms with Crippen LogP contribution in [0, 0.1) is 5.82 Å². The number of amidine groups is 1. The van der Waals surface area contributed by atoms with E-state index in [2.05, 4.69) is 5.32 Å². The van der Waals surface area contributed by atoms with Crippen molar-refractivity contribution in [1.82, 2.24) is 10.3 Å². The smallest absolute Gasteiger partial charge is 0.276 e. The molecule has 0 radical (unpaired) electrons. The Hall–Kier alpha value is -3.88. The predicted octanol–water partition coefficient (Wildman–Crippen LogP) is 4.82. The van der Waals surface area contributed by atoms with Crippen molar-refractivity contribution in [3.05, 3.63) is 118 Å². The predicted molar refractivity (Wildman–Crippen MR) is 138 cm³/mol. The lowest BCUT2D eigenvalue weighted by molar-refractivity contribution is -0.116. The summed E-state index contributed by atoms with van der Waals surface area (Å²) >= 11 is 7.40. The van der Waals surface area contributed by atoms with Gasteiger partial charge in [0.15, 0.2) is 10.9 Å². The number of benzene rings is 3. The van der Waals surface area contributed by atoms with Gasteiger partial charge in [0.25, 0.3) is 5.91 Å². The van der Waals surface area contributed by atoms with Gasteiger partial charge >= 0.3 is 0 Å². The number of para-hydroxylation sites is 1. The highest BCUT2D eigenvalue weighted by atomic mass is 35.5. The van der Waals surface area contributed by atoms with Gasteiger partial charge in [-0.25, -0.2) is 14.4 Å². The Balaban J connectivity index is 1.40. The van der Waals surface area contributed by atoms with Crippen LogP contribution in [0.1, 0.15) is 17.5 Å². The van der Waals surface area contributed by atoms with E-state index in [4.69, 9.17) is 26.1 Å². The maximum atomic E-state index is 14.1. The van der Waals surface area contributed by atoms with Crippen molar-refractivity contribution in [2.24, 2.45) is 10.1 Å². The third-order valence-corrected chi connectivity index (χ3v) is 6.98. The molecule has 6 rings (SSSR count). The number of carbonyl (C=O) groups is 1. The first-order valence-electron chi connectivity index (χ1n) is 11.1. The normalized spacial score (nSPS) is 16.6. The summed E-state index contributed by atoms with van der Waals surface area (Å²) in [6.45, 7) is 0. The average molecular weight is 517 g/mol. The van der Waals surface area contributed by atoms with Gasteiger partial charge in [0.1, 0.15) is 17.3 Å². The second kappa shape index (κ2) is 9.29. The zero-order valence-corrected chi connectivity index (χ0v) is 20.3. The number of fused-ring (bicyclic) bond motifs is 2. The van der Waals surface area contributed by atoms with Crippen molar-refractivity contribution in [1.29, 1.82) is 0 Å². The van der Waals surface area contributed by atoms with Gasteiger partial charge in [-0.1, -0.05) is 71.9 Å². The van der Waals surface area contributed by atoms with Crippen molar-refractivity contribution in [2.45, 2.75) is 11.9 Å². The summed E-state index contributed by atoms with van der Waals surface area (Å²) in [6.07, 6.45) is -0.696. The van der Waals surface area contributed by atoms with Crippen molar-refractivity contribution in [3.63, 3.8) is 0 Å². The molecule has 1 unspecified atom stereocenters. The fraction of sp³-hybridized carbons (Fsp3) is 0.0741. The number of halogens is 2. The van der Waals surface area contributed by atoms with Crippen LogP contribution in [0.2, 0.25) is 5.02 Å². The van der Waals surface area contributed by atoms with E-state index in [1.807, 2.05) is 54.6 Å². The van der Waals surface area contributed by atoms with E-state index >= 15 is 0 Å². The molecule has 2 aliphatic heterocycles. The van der Waals surface area contributed by atoms with Crippen molar-refractivity contribution < 1.29 is 13.6 Å². The largest absolute Gasteiger partial charge is 0.457 e. The lowest BCUT2D eigenvalue weighted by atomic mass is 10.1.